The molecular formula is C26H30N6O3. The third-order valence-electron chi connectivity index (χ3n) is 8.90. The molecular weight excluding hydrogens is 444 g/mol. The van der Waals surface area contributed by atoms with Gasteiger partial charge in [-0.1, -0.05) is 6.07 Å². The number of ether oxygens (including phenoxy) is 1. The number of carbonyl (C=O) groups excluding carboxylic acids is 2. The van der Waals surface area contributed by atoms with Gasteiger partial charge in [0.1, 0.15) is 6.61 Å². The molecule has 1 amide bonds. The van der Waals surface area contributed by atoms with Gasteiger partial charge in [0.05, 0.1) is 23.2 Å². The van der Waals surface area contributed by atoms with Gasteiger partial charge in [-0.05, 0) is 97.6 Å². The fraction of sp³-hybridized carbons (Fsp3) is 0.577. The van der Waals surface area contributed by atoms with E-state index in [1.807, 2.05) is 9.58 Å². The molecule has 2 aromatic rings. The molecule has 0 radical (unpaired) electrons. The number of esters is 1. The maximum absolute atomic E-state index is 13.4. The highest BCUT2D eigenvalue weighted by molar-refractivity contribution is 5.94. The molecule has 0 N–H and O–H groups in total. The molecule has 0 bridgehead atoms. The average molecular weight is 475 g/mol. The van der Waals surface area contributed by atoms with Gasteiger partial charge in [-0.3, -0.25) is 4.79 Å². The lowest BCUT2D eigenvalue weighted by Crippen LogP contribution is -2.45. The molecule has 1 spiro atoms. The van der Waals surface area contributed by atoms with Crippen molar-refractivity contribution < 1.29 is 14.3 Å². The molecule has 182 valence electrons. The highest BCUT2D eigenvalue weighted by atomic mass is 16.5. The van der Waals surface area contributed by atoms with Crippen molar-refractivity contribution in [2.75, 3.05) is 32.8 Å². The zero-order chi connectivity index (χ0) is 23.7. The molecule has 1 aliphatic carbocycles. The average Bonchev–Trinajstić information content (AvgIpc) is 3.24. The summed E-state index contributed by atoms with van der Waals surface area (Å²) in [7, 11) is 0. The fourth-order valence-corrected chi connectivity index (χ4v) is 6.48. The van der Waals surface area contributed by atoms with E-state index < -0.39 is 0 Å². The number of benzene rings is 1. The lowest BCUT2D eigenvalue weighted by atomic mass is 9.77. The van der Waals surface area contributed by atoms with Gasteiger partial charge in [0.25, 0.3) is 0 Å². The summed E-state index contributed by atoms with van der Waals surface area (Å²) in [6.45, 7) is 6.36. The van der Waals surface area contributed by atoms with E-state index in [0.717, 1.165) is 63.4 Å². The second-order valence-electron chi connectivity index (χ2n) is 10.9. The van der Waals surface area contributed by atoms with E-state index in [9.17, 15) is 9.59 Å². The highest BCUT2D eigenvalue weighted by Gasteiger charge is 2.50. The third kappa shape index (κ3) is 3.35. The van der Waals surface area contributed by atoms with Crippen LogP contribution in [0.1, 0.15) is 61.6 Å². The number of tetrazole rings is 1. The van der Waals surface area contributed by atoms with Crippen molar-refractivity contribution in [2.45, 2.75) is 57.9 Å². The number of carbonyl (C=O) groups is 2. The van der Waals surface area contributed by atoms with E-state index in [1.165, 1.54) is 35.1 Å². The number of hydrogen-bond acceptors (Lipinski definition) is 7. The van der Waals surface area contributed by atoms with Crippen molar-refractivity contribution in [3.63, 3.8) is 0 Å². The van der Waals surface area contributed by atoms with Crippen molar-refractivity contribution in [1.82, 2.24) is 30.0 Å². The number of amides is 1. The molecule has 7 rings (SSSR count). The molecule has 0 atom stereocenters. The number of fused-ring (bicyclic) bond motifs is 3. The minimum absolute atomic E-state index is 0.194. The zero-order valence-corrected chi connectivity index (χ0v) is 20.1. The first kappa shape index (κ1) is 21.2. The number of piperidine rings is 1. The molecule has 0 unspecified atom stereocenters. The predicted octanol–water partition coefficient (Wildman–Crippen LogP) is 2.27. The van der Waals surface area contributed by atoms with Crippen LogP contribution in [-0.4, -0.2) is 74.7 Å². The number of cyclic esters (lactones) is 1. The fourth-order valence-electron chi connectivity index (χ4n) is 6.48. The molecule has 1 aromatic heterocycles. The molecule has 2 saturated heterocycles. The van der Waals surface area contributed by atoms with Gasteiger partial charge < -0.3 is 14.5 Å². The van der Waals surface area contributed by atoms with E-state index in [0.29, 0.717) is 18.0 Å². The van der Waals surface area contributed by atoms with Crippen molar-refractivity contribution in [3.8, 4) is 11.4 Å². The van der Waals surface area contributed by atoms with Gasteiger partial charge in [0.15, 0.2) is 5.82 Å². The molecule has 4 aliphatic heterocycles. The summed E-state index contributed by atoms with van der Waals surface area (Å²) in [5.41, 5.74) is 6.53. The summed E-state index contributed by atoms with van der Waals surface area (Å²) in [4.78, 5) is 29.5. The Balaban J connectivity index is 1.02. The Hall–Kier alpha value is -3.07. The summed E-state index contributed by atoms with van der Waals surface area (Å²) in [6, 6.07) is 4.73. The second-order valence-corrected chi connectivity index (χ2v) is 10.9. The van der Waals surface area contributed by atoms with Gasteiger partial charge in [-0.2, -0.15) is 0 Å². The maximum atomic E-state index is 13.4. The van der Waals surface area contributed by atoms with Crippen LogP contribution in [0.2, 0.25) is 0 Å². The quantitative estimate of drug-likeness (QED) is 0.524. The van der Waals surface area contributed by atoms with E-state index in [4.69, 9.17) is 4.74 Å². The minimum Gasteiger partial charge on any atom is -0.456 e. The Morgan fingerprint density at radius 2 is 1.91 bits per heavy atom. The molecule has 5 aliphatic rings. The Morgan fingerprint density at radius 3 is 2.66 bits per heavy atom. The Kier molecular flexibility index (Phi) is 4.68. The summed E-state index contributed by atoms with van der Waals surface area (Å²) < 4.78 is 7.04. The second kappa shape index (κ2) is 7.71. The van der Waals surface area contributed by atoms with Crippen molar-refractivity contribution in [1.29, 1.82) is 0 Å². The van der Waals surface area contributed by atoms with Crippen LogP contribution < -0.4 is 0 Å². The van der Waals surface area contributed by atoms with Crippen molar-refractivity contribution in [2.24, 2.45) is 5.41 Å². The van der Waals surface area contributed by atoms with Crippen molar-refractivity contribution in [3.05, 3.63) is 40.1 Å². The van der Waals surface area contributed by atoms with Gasteiger partial charge in [0, 0.05) is 18.7 Å². The molecule has 3 fully saturated rings. The third-order valence-corrected chi connectivity index (χ3v) is 8.90. The summed E-state index contributed by atoms with van der Waals surface area (Å²) in [5, 5.41) is 12.2. The first-order chi connectivity index (χ1) is 17.0. The van der Waals surface area contributed by atoms with E-state index >= 15 is 0 Å². The van der Waals surface area contributed by atoms with Crippen LogP contribution in [0, 0.1) is 5.41 Å². The van der Waals surface area contributed by atoms with E-state index in [2.05, 4.69) is 32.6 Å². The van der Waals surface area contributed by atoms with Crippen LogP contribution in [0.3, 0.4) is 0 Å². The van der Waals surface area contributed by atoms with Gasteiger partial charge in [-0.15, -0.1) is 5.10 Å². The number of likely N-dealkylation sites (tertiary alicyclic amines) is 2. The van der Waals surface area contributed by atoms with E-state index in [-0.39, 0.29) is 23.9 Å². The normalized spacial score (nSPS) is 23.4. The Morgan fingerprint density at radius 1 is 1.11 bits per heavy atom. The van der Waals surface area contributed by atoms with Crippen molar-refractivity contribution >= 4 is 11.9 Å². The van der Waals surface area contributed by atoms with Crippen LogP contribution in [0.25, 0.3) is 11.4 Å². The van der Waals surface area contributed by atoms with Crippen LogP contribution in [-0.2, 0) is 27.3 Å². The molecule has 9 heteroatoms. The maximum Gasteiger partial charge on any atom is 0.336 e. The smallest absolute Gasteiger partial charge is 0.336 e. The number of hydrogen-bond donors (Lipinski definition) is 0. The summed E-state index contributed by atoms with van der Waals surface area (Å²) in [5.74, 6) is 1.47. The lowest BCUT2D eigenvalue weighted by molar-refractivity contribution is -0.138. The Bertz CT molecular complexity index is 1270. The van der Waals surface area contributed by atoms with Crippen LogP contribution in [0.5, 0.6) is 0 Å². The van der Waals surface area contributed by atoms with E-state index in [1.54, 1.807) is 6.92 Å². The number of aromatic nitrogens is 4. The topological polar surface area (TPSA) is 93.5 Å². The standard InChI is InChI=1S/C26H30N6O3/c1-16-22(15-35-24(16)33)31-11-7-26(25(31)34)5-9-30(10-6-26)8-4-18-12-19-14-32-23(27-28-29-32)21(19)13-20(18)17-2-3-17/h12-13,17H,2-11,14-15H2,1H3. The first-order valence-corrected chi connectivity index (χ1v) is 12.9. The zero-order valence-electron chi connectivity index (χ0n) is 20.1. The molecule has 1 saturated carbocycles. The molecule has 5 heterocycles. The molecule has 9 nitrogen and oxygen atoms in total. The number of rotatable bonds is 5. The highest BCUT2D eigenvalue weighted by Crippen LogP contribution is 2.46. The SMILES string of the molecule is CC1=C(N2CCC3(CCN(CCc4cc5c(cc4C4CC4)-c4nnnn4C5)CC3)C2=O)COC1=O. The van der Waals surface area contributed by atoms with Gasteiger partial charge >= 0.3 is 5.97 Å². The monoisotopic (exact) mass is 474 g/mol. The largest absolute Gasteiger partial charge is 0.456 e. The van der Waals surface area contributed by atoms with Gasteiger partial charge in [0.2, 0.25) is 5.91 Å². The molecule has 35 heavy (non-hydrogen) atoms. The minimum atomic E-state index is -0.293. The van der Waals surface area contributed by atoms with Crippen LogP contribution >= 0.6 is 0 Å². The van der Waals surface area contributed by atoms with Crippen LogP contribution in [0.4, 0.5) is 0 Å². The van der Waals surface area contributed by atoms with Crippen LogP contribution in [0.15, 0.2) is 23.4 Å². The Labute approximate surface area is 204 Å². The lowest BCUT2D eigenvalue weighted by Gasteiger charge is -2.38. The molecule has 1 aromatic carbocycles. The number of nitrogens with zero attached hydrogens (tertiary/aromatic N) is 6. The first-order valence-electron chi connectivity index (χ1n) is 12.9. The summed E-state index contributed by atoms with van der Waals surface area (Å²) in [6.07, 6.45) is 6.23. The summed E-state index contributed by atoms with van der Waals surface area (Å²) >= 11 is 0. The predicted molar refractivity (Wildman–Crippen MR) is 126 cm³/mol. The van der Waals surface area contributed by atoms with Gasteiger partial charge in [-0.25, -0.2) is 9.48 Å².